The van der Waals surface area contributed by atoms with Gasteiger partial charge in [0.1, 0.15) is 6.10 Å². The van der Waals surface area contributed by atoms with Crippen molar-refractivity contribution in [3.05, 3.63) is 69.7 Å². The lowest BCUT2D eigenvalue weighted by atomic mass is 9.92. The Kier molecular flexibility index (Phi) is 6.90. The van der Waals surface area contributed by atoms with Gasteiger partial charge in [-0.15, -0.1) is 0 Å². The van der Waals surface area contributed by atoms with Gasteiger partial charge in [-0.1, -0.05) is 61.3 Å². The minimum absolute atomic E-state index is 0.166. The summed E-state index contributed by atoms with van der Waals surface area (Å²) in [6.45, 7) is 2.34. The van der Waals surface area contributed by atoms with E-state index in [1.165, 1.54) is 11.1 Å². The van der Waals surface area contributed by atoms with E-state index in [2.05, 4.69) is 31.2 Å². The van der Waals surface area contributed by atoms with Crippen LogP contribution in [0.2, 0.25) is 5.02 Å². The second-order valence-corrected chi connectivity index (χ2v) is 7.69. The second-order valence-electron chi connectivity index (χ2n) is 7.29. The van der Waals surface area contributed by atoms with Crippen LogP contribution in [0.25, 0.3) is 0 Å². The van der Waals surface area contributed by atoms with Gasteiger partial charge in [-0.3, -0.25) is 0 Å². The summed E-state index contributed by atoms with van der Waals surface area (Å²) in [5.41, 5.74) is 10.2. The molecule has 1 heterocycles. The van der Waals surface area contributed by atoms with Crippen molar-refractivity contribution in [2.24, 2.45) is 5.73 Å². The maximum Gasteiger partial charge on any atom is 0.107 e. The van der Waals surface area contributed by atoms with Gasteiger partial charge in [0.25, 0.3) is 0 Å². The Balaban J connectivity index is 1.78. The van der Waals surface area contributed by atoms with E-state index >= 15 is 0 Å². The summed E-state index contributed by atoms with van der Waals surface area (Å²) in [7, 11) is 0. The molecule has 2 aromatic rings. The van der Waals surface area contributed by atoms with Crippen molar-refractivity contribution in [2.75, 3.05) is 6.54 Å². The molecule has 3 rings (SSSR count). The SMILES string of the molecule is CCCc1ccc(Cc2cc(C3CC(O)[C@H](O)C(CN)O3)ccc2Cl)cc1. The Hall–Kier alpha value is -1.43. The van der Waals surface area contributed by atoms with Gasteiger partial charge in [-0.2, -0.15) is 0 Å². The van der Waals surface area contributed by atoms with E-state index in [4.69, 9.17) is 22.1 Å². The quantitative estimate of drug-likeness (QED) is 0.707. The van der Waals surface area contributed by atoms with Gasteiger partial charge in [-0.25, -0.2) is 0 Å². The van der Waals surface area contributed by atoms with Crippen LogP contribution in [0.1, 0.15) is 48.1 Å². The molecule has 1 aliphatic heterocycles. The first kappa shape index (κ1) is 20.3. The molecule has 1 aliphatic rings. The fourth-order valence-corrected chi connectivity index (χ4v) is 3.81. The van der Waals surface area contributed by atoms with Crippen LogP contribution in [0.4, 0.5) is 0 Å². The summed E-state index contributed by atoms with van der Waals surface area (Å²) in [4.78, 5) is 0. The topological polar surface area (TPSA) is 75.7 Å². The van der Waals surface area contributed by atoms with E-state index in [-0.39, 0.29) is 12.6 Å². The number of hydrogen-bond donors (Lipinski definition) is 3. The number of aliphatic hydroxyl groups excluding tert-OH is 2. The molecule has 4 atom stereocenters. The van der Waals surface area contributed by atoms with E-state index in [0.29, 0.717) is 11.4 Å². The maximum atomic E-state index is 10.1. The molecule has 2 aromatic carbocycles. The molecular formula is C22H28ClNO3. The Morgan fingerprint density at radius 1 is 1.11 bits per heavy atom. The minimum Gasteiger partial charge on any atom is -0.390 e. The van der Waals surface area contributed by atoms with E-state index in [1.807, 2.05) is 18.2 Å². The summed E-state index contributed by atoms with van der Waals surface area (Å²) >= 11 is 6.42. The lowest BCUT2D eigenvalue weighted by molar-refractivity contribution is -0.166. The number of benzene rings is 2. The third-order valence-electron chi connectivity index (χ3n) is 5.20. The van der Waals surface area contributed by atoms with Gasteiger partial charge in [0.05, 0.1) is 18.3 Å². The molecule has 5 heteroatoms. The van der Waals surface area contributed by atoms with Crippen LogP contribution in [-0.2, 0) is 17.6 Å². The molecule has 0 spiro atoms. The predicted octanol–water partition coefficient (Wildman–Crippen LogP) is 3.39. The van der Waals surface area contributed by atoms with Crippen molar-refractivity contribution in [3.63, 3.8) is 0 Å². The van der Waals surface area contributed by atoms with E-state index in [9.17, 15) is 10.2 Å². The van der Waals surface area contributed by atoms with Gasteiger partial charge in [0.15, 0.2) is 0 Å². The third kappa shape index (κ3) is 4.89. The predicted molar refractivity (Wildman–Crippen MR) is 108 cm³/mol. The minimum atomic E-state index is -0.945. The first-order valence-corrected chi connectivity index (χ1v) is 9.97. The molecule has 0 aliphatic carbocycles. The van der Waals surface area contributed by atoms with Gasteiger partial charge in [0.2, 0.25) is 0 Å². The molecule has 4 N–H and O–H groups in total. The zero-order chi connectivity index (χ0) is 19.4. The van der Waals surface area contributed by atoms with Crippen LogP contribution in [0.15, 0.2) is 42.5 Å². The zero-order valence-electron chi connectivity index (χ0n) is 15.6. The van der Waals surface area contributed by atoms with Crippen molar-refractivity contribution in [1.29, 1.82) is 0 Å². The summed E-state index contributed by atoms with van der Waals surface area (Å²) < 4.78 is 5.91. The van der Waals surface area contributed by atoms with Crippen LogP contribution >= 0.6 is 11.6 Å². The summed E-state index contributed by atoms with van der Waals surface area (Å²) in [6, 6.07) is 14.5. The molecule has 0 radical (unpaired) electrons. The van der Waals surface area contributed by atoms with Crippen LogP contribution in [-0.4, -0.2) is 35.1 Å². The fourth-order valence-electron chi connectivity index (χ4n) is 3.63. The fraction of sp³-hybridized carbons (Fsp3) is 0.455. The van der Waals surface area contributed by atoms with Gasteiger partial charge in [0, 0.05) is 18.0 Å². The van der Waals surface area contributed by atoms with Crippen LogP contribution in [0.3, 0.4) is 0 Å². The molecular weight excluding hydrogens is 362 g/mol. The average molecular weight is 390 g/mol. The second kappa shape index (κ2) is 9.18. The lowest BCUT2D eigenvalue weighted by Crippen LogP contribution is -2.48. The van der Waals surface area contributed by atoms with Crippen molar-refractivity contribution in [1.82, 2.24) is 0 Å². The average Bonchev–Trinajstić information content (AvgIpc) is 2.67. The van der Waals surface area contributed by atoms with Crippen molar-refractivity contribution in [3.8, 4) is 0 Å². The smallest absolute Gasteiger partial charge is 0.107 e. The first-order valence-electron chi connectivity index (χ1n) is 9.59. The maximum absolute atomic E-state index is 10.1. The Bertz CT molecular complexity index is 750. The number of hydrogen-bond acceptors (Lipinski definition) is 4. The lowest BCUT2D eigenvalue weighted by Gasteiger charge is -2.37. The molecule has 0 bridgehead atoms. The van der Waals surface area contributed by atoms with E-state index in [0.717, 1.165) is 30.4 Å². The number of ether oxygens (including phenoxy) is 1. The normalized spacial score (nSPS) is 25.5. The monoisotopic (exact) mass is 389 g/mol. The Morgan fingerprint density at radius 2 is 1.81 bits per heavy atom. The van der Waals surface area contributed by atoms with Crippen molar-refractivity contribution < 1.29 is 14.9 Å². The largest absolute Gasteiger partial charge is 0.390 e. The molecule has 27 heavy (non-hydrogen) atoms. The standard InChI is InChI=1S/C22H28ClNO3/c1-2-3-14-4-6-15(7-5-14)10-17-11-16(8-9-18(17)23)20-12-19(25)22(26)21(13-24)27-20/h4-9,11,19-22,25-26H,2-3,10,12-13,24H2,1H3/t19?,20?,21?,22-/m0/s1. The van der Waals surface area contributed by atoms with Crippen molar-refractivity contribution >= 4 is 11.6 Å². The Morgan fingerprint density at radius 3 is 2.48 bits per heavy atom. The van der Waals surface area contributed by atoms with Gasteiger partial charge in [-0.05, 0) is 41.2 Å². The van der Waals surface area contributed by atoms with E-state index in [1.54, 1.807) is 0 Å². The Labute approximate surface area is 165 Å². The summed E-state index contributed by atoms with van der Waals surface area (Å²) in [5.74, 6) is 0. The molecule has 146 valence electrons. The zero-order valence-corrected chi connectivity index (χ0v) is 16.4. The van der Waals surface area contributed by atoms with Crippen LogP contribution in [0, 0.1) is 0 Å². The molecule has 1 fully saturated rings. The highest BCUT2D eigenvalue weighted by Crippen LogP contribution is 2.33. The van der Waals surface area contributed by atoms with Gasteiger partial charge < -0.3 is 20.7 Å². The first-order chi connectivity index (χ1) is 13.0. The molecule has 4 nitrogen and oxygen atoms in total. The molecule has 0 saturated carbocycles. The number of aryl methyl sites for hydroxylation is 1. The van der Waals surface area contributed by atoms with Gasteiger partial charge >= 0.3 is 0 Å². The summed E-state index contributed by atoms with van der Waals surface area (Å²) in [6.07, 6.45) is 0.637. The molecule has 3 unspecified atom stereocenters. The highest BCUT2D eigenvalue weighted by molar-refractivity contribution is 6.31. The van der Waals surface area contributed by atoms with Crippen LogP contribution < -0.4 is 5.73 Å². The number of halogens is 1. The number of rotatable bonds is 6. The third-order valence-corrected chi connectivity index (χ3v) is 5.57. The number of aliphatic hydroxyl groups is 2. The summed E-state index contributed by atoms with van der Waals surface area (Å²) in [5, 5.41) is 20.8. The highest BCUT2D eigenvalue weighted by atomic mass is 35.5. The van der Waals surface area contributed by atoms with E-state index < -0.39 is 18.3 Å². The molecule has 0 amide bonds. The van der Waals surface area contributed by atoms with Crippen molar-refractivity contribution in [2.45, 2.75) is 57.0 Å². The van der Waals surface area contributed by atoms with Crippen LogP contribution in [0.5, 0.6) is 0 Å². The molecule has 0 aromatic heterocycles. The number of nitrogens with two attached hydrogens (primary N) is 1. The highest BCUT2D eigenvalue weighted by Gasteiger charge is 2.36. The molecule has 1 saturated heterocycles.